The minimum Gasteiger partial charge on any atom is -0.324 e. The zero-order chi connectivity index (χ0) is 17.8. The van der Waals surface area contributed by atoms with Crippen LogP contribution in [0.25, 0.3) is 0 Å². The van der Waals surface area contributed by atoms with Crippen LogP contribution in [-0.4, -0.2) is 26.2 Å². The van der Waals surface area contributed by atoms with Crippen molar-refractivity contribution in [3.63, 3.8) is 0 Å². The number of amides is 1. The summed E-state index contributed by atoms with van der Waals surface area (Å²) in [4.78, 5) is 12.1. The normalized spacial score (nSPS) is 14.7. The van der Waals surface area contributed by atoms with Gasteiger partial charge in [0, 0.05) is 31.7 Å². The second kappa shape index (κ2) is 6.97. The molecule has 1 aliphatic heterocycles. The smallest absolute Gasteiger partial charge is 0.229 e. The van der Waals surface area contributed by atoms with E-state index >= 15 is 0 Å². The predicted molar refractivity (Wildman–Crippen MR) is 88.4 cm³/mol. The standard InChI is InChI=1S/C15H17FN4O3S/c1-3-4-8-15(19-20-15)9-7-14(21)17-12-6-5-11(16)10-13(12)18-24(2,22)23/h1,5-6,10,18H,4,7-9H2,2H3,(H,17,21). The summed E-state index contributed by atoms with van der Waals surface area (Å²) in [6, 6.07) is 3.42. The van der Waals surface area contributed by atoms with E-state index in [0.29, 0.717) is 19.3 Å². The number of benzene rings is 1. The Bertz CT molecular complexity index is 808. The minimum atomic E-state index is -3.60. The summed E-state index contributed by atoms with van der Waals surface area (Å²) in [6.45, 7) is 0. The van der Waals surface area contributed by atoms with Gasteiger partial charge in [-0.2, -0.15) is 10.2 Å². The van der Waals surface area contributed by atoms with E-state index in [2.05, 4.69) is 26.2 Å². The number of sulfonamides is 1. The van der Waals surface area contributed by atoms with Crippen LogP contribution in [0.2, 0.25) is 0 Å². The van der Waals surface area contributed by atoms with Gasteiger partial charge in [-0.3, -0.25) is 9.52 Å². The largest absolute Gasteiger partial charge is 0.324 e. The Hall–Kier alpha value is -2.47. The molecule has 0 atom stereocenters. The molecule has 9 heteroatoms. The highest BCUT2D eigenvalue weighted by molar-refractivity contribution is 7.92. The van der Waals surface area contributed by atoms with Gasteiger partial charge in [0.2, 0.25) is 15.9 Å². The zero-order valence-corrected chi connectivity index (χ0v) is 13.9. The molecule has 0 saturated heterocycles. The first-order valence-electron chi connectivity index (χ1n) is 7.18. The lowest BCUT2D eigenvalue weighted by Crippen LogP contribution is -2.19. The molecule has 128 valence electrons. The predicted octanol–water partition coefficient (Wildman–Crippen LogP) is 2.49. The van der Waals surface area contributed by atoms with Gasteiger partial charge in [0.1, 0.15) is 5.82 Å². The fraction of sp³-hybridized carbons (Fsp3) is 0.400. The topological polar surface area (TPSA) is 100.0 Å². The molecule has 1 heterocycles. The van der Waals surface area contributed by atoms with Gasteiger partial charge in [0.05, 0.1) is 17.6 Å². The lowest BCUT2D eigenvalue weighted by Gasteiger charge is -2.13. The number of halogens is 1. The third-order valence-electron chi connectivity index (χ3n) is 3.36. The average molecular weight is 352 g/mol. The van der Waals surface area contributed by atoms with Crippen molar-refractivity contribution < 1.29 is 17.6 Å². The summed E-state index contributed by atoms with van der Waals surface area (Å²) in [7, 11) is -3.60. The summed E-state index contributed by atoms with van der Waals surface area (Å²) >= 11 is 0. The van der Waals surface area contributed by atoms with Crippen molar-refractivity contribution >= 4 is 27.3 Å². The number of anilines is 2. The van der Waals surface area contributed by atoms with Crippen LogP contribution in [0.15, 0.2) is 28.4 Å². The van der Waals surface area contributed by atoms with Crippen LogP contribution in [0.4, 0.5) is 15.8 Å². The van der Waals surface area contributed by atoms with E-state index in [9.17, 15) is 17.6 Å². The molecular weight excluding hydrogens is 335 g/mol. The fourth-order valence-electron chi connectivity index (χ4n) is 2.10. The molecular formula is C15H17FN4O3S. The highest BCUT2D eigenvalue weighted by Gasteiger charge is 2.39. The molecule has 0 saturated carbocycles. The van der Waals surface area contributed by atoms with Gasteiger partial charge in [-0.15, -0.1) is 12.3 Å². The first-order valence-corrected chi connectivity index (χ1v) is 9.07. The fourth-order valence-corrected chi connectivity index (χ4v) is 2.67. The molecule has 0 fully saturated rings. The molecule has 0 aliphatic carbocycles. The van der Waals surface area contributed by atoms with E-state index < -0.39 is 21.5 Å². The lowest BCUT2D eigenvalue weighted by atomic mass is 10.0. The monoisotopic (exact) mass is 352 g/mol. The van der Waals surface area contributed by atoms with Crippen molar-refractivity contribution in [1.82, 2.24) is 0 Å². The molecule has 2 rings (SSSR count). The lowest BCUT2D eigenvalue weighted by molar-refractivity contribution is -0.116. The molecule has 0 unspecified atom stereocenters. The van der Waals surface area contributed by atoms with Crippen LogP contribution < -0.4 is 10.0 Å². The second-order valence-corrected chi connectivity index (χ2v) is 7.25. The Labute approximate surface area is 139 Å². The first-order chi connectivity index (χ1) is 11.2. The maximum Gasteiger partial charge on any atom is 0.229 e. The SMILES string of the molecule is C#CCCC1(CCC(=O)Nc2ccc(F)cc2NS(C)(=O)=O)N=N1. The summed E-state index contributed by atoms with van der Waals surface area (Å²) < 4.78 is 38.1. The van der Waals surface area contributed by atoms with E-state index in [-0.39, 0.29) is 23.7 Å². The van der Waals surface area contributed by atoms with Crippen LogP contribution in [0, 0.1) is 18.2 Å². The van der Waals surface area contributed by atoms with E-state index in [1.165, 1.54) is 6.07 Å². The molecule has 0 aromatic heterocycles. The van der Waals surface area contributed by atoms with Gasteiger partial charge in [-0.05, 0) is 12.1 Å². The number of nitrogens with zero attached hydrogens (tertiary/aromatic N) is 2. The average Bonchev–Trinajstić information content (AvgIpc) is 3.25. The first kappa shape index (κ1) is 17.9. The summed E-state index contributed by atoms with van der Waals surface area (Å²) in [6.07, 6.45) is 7.80. The Morgan fingerprint density at radius 2 is 2.04 bits per heavy atom. The molecule has 1 aromatic carbocycles. The Kier molecular flexibility index (Phi) is 5.19. The van der Waals surface area contributed by atoms with E-state index in [0.717, 1.165) is 18.4 Å². The van der Waals surface area contributed by atoms with Gasteiger partial charge < -0.3 is 5.32 Å². The van der Waals surface area contributed by atoms with Gasteiger partial charge in [0.15, 0.2) is 5.66 Å². The van der Waals surface area contributed by atoms with Crippen molar-refractivity contribution in [1.29, 1.82) is 0 Å². The molecule has 24 heavy (non-hydrogen) atoms. The van der Waals surface area contributed by atoms with Crippen LogP contribution in [0.5, 0.6) is 0 Å². The number of carbonyl (C=O) groups excluding carboxylic acids is 1. The summed E-state index contributed by atoms with van der Waals surface area (Å²) in [5.74, 6) is 1.53. The summed E-state index contributed by atoms with van der Waals surface area (Å²) in [5.41, 5.74) is -0.428. The van der Waals surface area contributed by atoms with Crippen molar-refractivity contribution in [2.45, 2.75) is 31.3 Å². The van der Waals surface area contributed by atoms with Crippen molar-refractivity contribution in [2.75, 3.05) is 16.3 Å². The van der Waals surface area contributed by atoms with E-state index in [1.807, 2.05) is 0 Å². The minimum absolute atomic E-state index is 0.0336. The number of terminal acetylenes is 1. The van der Waals surface area contributed by atoms with Crippen molar-refractivity contribution in [3.8, 4) is 12.3 Å². The van der Waals surface area contributed by atoms with Crippen LogP contribution in [0.3, 0.4) is 0 Å². The Morgan fingerprint density at radius 3 is 2.62 bits per heavy atom. The number of hydrogen-bond acceptors (Lipinski definition) is 5. The quantitative estimate of drug-likeness (QED) is 0.703. The Morgan fingerprint density at radius 1 is 1.33 bits per heavy atom. The highest BCUT2D eigenvalue weighted by Crippen LogP contribution is 2.37. The van der Waals surface area contributed by atoms with E-state index in [4.69, 9.17) is 6.42 Å². The number of hydrogen-bond donors (Lipinski definition) is 2. The summed E-state index contributed by atoms with van der Waals surface area (Å²) in [5, 5.41) is 10.4. The highest BCUT2D eigenvalue weighted by atomic mass is 32.2. The molecule has 0 bridgehead atoms. The van der Waals surface area contributed by atoms with Crippen molar-refractivity contribution in [3.05, 3.63) is 24.0 Å². The maximum atomic E-state index is 13.3. The van der Waals surface area contributed by atoms with Gasteiger partial charge >= 0.3 is 0 Å². The maximum absolute atomic E-state index is 13.3. The van der Waals surface area contributed by atoms with Gasteiger partial charge in [-0.1, -0.05) is 0 Å². The molecule has 1 aromatic rings. The molecule has 2 N–H and O–H groups in total. The van der Waals surface area contributed by atoms with Crippen molar-refractivity contribution in [2.24, 2.45) is 10.2 Å². The van der Waals surface area contributed by atoms with Crippen LogP contribution in [0.1, 0.15) is 25.7 Å². The van der Waals surface area contributed by atoms with Gasteiger partial charge in [0.25, 0.3) is 0 Å². The number of carbonyl (C=O) groups is 1. The molecule has 1 amide bonds. The molecule has 1 aliphatic rings. The molecule has 0 spiro atoms. The van der Waals surface area contributed by atoms with Crippen LogP contribution in [-0.2, 0) is 14.8 Å². The number of rotatable bonds is 8. The Balaban J connectivity index is 1.98. The third kappa shape index (κ3) is 5.31. The van der Waals surface area contributed by atoms with E-state index in [1.54, 1.807) is 0 Å². The van der Waals surface area contributed by atoms with Gasteiger partial charge in [-0.25, -0.2) is 12.8 Å². The van der Waals surface area contributed by atoms with Crippen LogP contribution >= 0.6 is 0 Å². The number of nitrogens with one attached hydrogen (secondary N) is 2. The zero-order valence-electron chi connectivity index (χ0n) is 13.0. The molecule has 0 radical (unpaired) electrons. The molecule has 7 nitrogen and oxygen atoms in total. The third-order valence-corrected chi connectivity index (χ3v) is 3.95. The second-order valence-electron chi connectivity index (χ2n) is 5.50.